The fourth-order valence-corrected chi connectivity index (χ4v) is 14.8. The molecular formula is C96H79Cl2N15O7S5. The number of anilines is 1. The number of carbonyl (C=O) groups excluding carboxylic acids is 4. The van der Waals surface area contributed by atoms with Gasteiger partial charge in [0.05, 0.1) is 50.9 Å². The van der Waals surface area contributed by atoms with Crippen LogP contribution in [-0.2, 0) is 7.05 Å². The molecule has 624 valence electrons. The topological polar surface area (TPSA) is 279 Å². The summed E-state index contributed by atoms with van der Waals surface area (Å²) in [6, 6.07) is 66.7. The number of rotatable bonds is 21. The zero-order valence-electron chi connectivity index (χ0n) is 67.2. The minimum Gasteiger partial charge on any atom is -0.478 e. The Morgan fingerprint density at radius 2 is 0.928 bits per heavy atom. The Labute approximate surface area is 750 Å². The molecule has 0 saturated heterocycles. The van der Waals surface area contributed by atoms with Crippen molar-refractivity contribution in [2.45, 2.75) is 6.04 Å². The highest BCUT2D eigenvalue weighted by Crippen LogP contribution is 2.29. The van der Waals surface area contributed by atoms with Gasteiger partial charge in [-0.25, -0.2) is 18.8 Å². The zero-order chi connectivity index (χ0) is 87.3. The molecule has 22 nitrogen and oxygen atoms in total. The predicted molar refractivity (Wildman–Crippen MR) is 512 cm³/mol. The second-order valence-corrected chi connectivity index (χ2v) is 32.2. The van der Waals surface area contributed by atoms with Gasteiger partial charge in [-0.15, -0.1) is 56.7 Å². The van der Waals surface area contributed by atoms with E-state index in [-0.39, 0.29) is 29.1 Å². The van der Waals surface area contributed by atoms with Crippen molar-refractivity contribution in [2.24, 2.45) is 12.0 Å². The van der Waals surface area contributed by atoms with Gasteiger partial charge in [0.25, 0.3) is 17.7 Å². The van der Waals surface area contributed by atoms with Crippen LogP contribution < -0.4 is 4.90 Å². The van der Waals surface area contributed by atoms with Crippen molar-refractivity contribution in [1.82, 2.24) is 64.5 Å². The number of aromatic amines is 3. The smallest absolute Gasteiger partial charge is 0.335 e. The maximum atomic E-state index is 12.5. The summed E-state index contributed by atoms with van der Waals surface area (Å²) in [7, 11) is 5.74. The van der Waals surface area contributed by atoms with Crippen LogP contribution >= 0.6 is 79.9 Å². The van der Waals surface area contributed by atoms with Crippen LogP contribution in [0.2, 0.25) is 10.0 Å². The summed E-state index contributed by atoms with van der Waals surface area (Å²) in [6.45, 7) is 0. The Balaban J connectivity index is 0.000000135. The predicted octanol–water partition coefficient (Wildman–Crippen LogP) is 23.2. The van der Waals surface area contributed by atoms with Crippen molar-refractivity contribution in [2.75, 3.05) is 19.0 Å². The van der Waals surface area contributed by atoms with Crippen LogP contribution in [0.1, 0.15) is 122 Å². The van der Waals surface area contributed by atoms with E-state index in [0.717, 1.165) is 65.7 Å². The van der Waals surface area contributed by atoms with Crippen LogP contribution in [0.3, 0.4) is 0 Å². The molecule has 14 heterocycles. The number of Topliss-reactive ketones (excluding diaryl/α,β-unsaturated/α-hetero) is 1. The third-order valence-electron chi connectivity index (χ3n) is 17.5. The Kier molecular flexibility index (Phi) is 33.6. The lowest BCUT2D eigenvalue weighted by Crippen LogP contribution is -2.17. The maximum Gasteiger partial charge on any atom is 0.335 e. The van der Waals surface area contributed by atoms with Gasteiger partial charge >= 0.3 is 5.97 Å². The molecule has 18 rings (SSSR count). The van der Waals surface area contributed by atoms with Gasteiger partial charge in [-0.2, -0.15) is 30.6 Å². The first kappa shape index (κ1) is 89.6. The van der Waals surface area contributed by atoms with Gasteiger partial charge in [0.15, 0.2) is 0 Å². The molecule has 1 atom stereocenters. The molecule has 0 saturated carbocycles. The summed E-state index contributed by atoms with van der Waals surface area (Å²) in [6.07, 6.45) is 44.3. The fraction of sp³-hybridized carbons (Fsp3) is 0.0417. The Hall–Kier alpha value is -14.7. The number of hydrogen-bond acceptors (Lipinski definition) is 19. The Morgan fingerprint density at radius 1 is 0.440 bits per heavy atom. The summed E-state index contributed by atoms with van der Waals surface area (Å²) in [5.74, 6) is -0.756. The largest absolute Gasteiger partial charge is 0.478 e. The summed E-state index contributed by atoms with van der Waals surface area (Å²) in [5, 5.41) is 52.9. The molecule has 4 aromatic carbocycles. The highest BCUT2D eigenvalue weighted by Gasteiger charge is 2.25. The number of hydrogen-bond donors (Lipinski definition) is 4. The van der Waals surface area contributed by atoms with Crippen LogP contribution in [0.15, 0.2) is 322 Å². The molecule has 0 radical (unpaired) electrons. The third-order valence-corrected chi connectivity index (χ3v) is 22.4. The van der Waals surface area contributed by atoms with E-state index >= 15 is 0 Å². The number of aromatic carboxylic acids is 1. The standard InChI is InChI=1S/C18H17N3OS.C17H11Cl2NOS.C17H12N2O3S.C15H13N3OS.C11H10N2.C9H8N2O.C9H8N2S/c1-20(2)16-6-3-5-14(13-16)18(22)21-11-10-15(19-21)8-9-17-7-4-12-23-17;18-13-3-1-4-14(19)12(13)7-6-11-8-9-20-16(11)17(21)15-5-2-10-22-15;20-16(12-3-5-13(6-4-12)17(21)22)19-10-9-14(18-19)7-8-15-2-1-11-23-15;1-17-9-2-5-14(17)15(19)18-10-8-12(16-18)6-7-13-4-3-11-20-13;1-2-4-10(5-3-1)6-7-11-8-9-12-13-11;2*1-2-9(12-7-1)4-3-8-5-6-10-11-8/h3-13H,1-2H3;1-10,16H;1-11H,(H,21,22);2-11H,1H3;1-9H,(H,12,13);2*1-7H,(H,10,11)/b9-8+;7-6+;8-7+;2*7-6+;2*4-3+. The number of nitrogens with zero attached hydrogens (tertiary/aromatic N) is 12. The molecule has 0 bridgehead atoms. The molecular weight excluding hydrogens is 1710 g/mol. The van der Waals surface area contributed by atoms with Crippen molar-refractivity contribution >= 4 is 200 Å². The van der Waals surface area contributed by atoms with Gasteiger partial charge in [-0.3, -0.25) is 39.5 Å². The summed E-state index contributed by atoms with van der Waals surface area (Å²) in [5.41, 5.74) is 10.7. The molecule has 0 spiro atoms. The van der Waals surface area contributed by atoms with E-state index in [2.05, 4.69) is 80.5 Å². The second kappa shape index (κ2) is 46.9. The molecule has 17 aromatic rings. The molecule has 125 heavy (non-hydrogen) atoms. The van der Waals surface area contributed by atoms with Gasteiger partial charge in [0.1, 0.15) is 17.5 Å². The summed E-state index contributed by atoms with van der Waals surface area (Å²) >= 11 is 20.4. The number of H-pyrrole nitrogens is 3. The van der Waals surface area contributed by atoms with E-state index in [1.54, 1.807) is 136 Å². The molecule has 13 aromatic heterocycles. The Morgan fingerprint density at radius 3 is 1.39 bits per heavy atom. The van der Waals surface area contributed by atoms with Gasteiger partial charge in [0, 0.05) is 123 Å². The Bertz CT molecular complexity index is 6300. The van der Waals surface area contributed by atoms with Crippen LogP contribution in [0.4, 0.5) is 5.69 Å². The minimum absolute atomic E-state index is 0.00454. The third kappa shape index (κ3) is 27.9. The van der Waals surface area contributed by atoms with Crippen LogP contribution in [0.5, 0.6) is 0 Å². The molecule has 1 aliphatic rings. The SMILES string of the molecule is C(=C\c1ccco1)/c1ccn[nH]1.C(=C\c1cccs1)/c1ccn[nH]1.C(=C\c1ccn[nH]1)/c1ccccc1.CN(C)c1cccc(C(=O)n2ccc(/C=C/c3cccs3)n2)c1.Cn1cccc1C(=O)n1ccc(/C=C/c2cccs2)n1.O=C(O)c1ccc(C(=O)n2ccc(/C=C/c3cccs3)n2)cc1.O=C(c1cccs1)C1N=CC=C1/C=C/c1c(Cl)cccc1Cl. The van der Waals surface area contributed by atoms with Gasteiger partial charge in [-0.1, -0.05) is 114 Å². The average molecular weight is 1790 g/mol. The molecule has 1 unspecified atom stereocenters. The number of halogens is 2. The van der Waals surface area contributed by atoms with E-state index in [0.29, 0.717) is 37.4 Å². The zero-order valence-corrected chi connectivity index (χ0v) is 72.8. The van der Waals surface area contributed by atoms with E-state index < -0.39 is 12.0 Å². The van der Waals surface area contributed by atoms with E-state index in [1.807, 2.05) is 278 Å². The second-order valence-electron chi connectivity index (χ2n) is 26.5. The lowest BCUT2D eigenvalue weighted by Gasteiger charge is -2.13. The number of aliphatic imine (C=N–C) groups is 1. The summed E-state index contributed by atoms with van der Waals surface area (Å²) in [4.78, 5) is 71.9. The first-order chi connectivity index (χ1) is 61.0. The van der Waals surface area contributed by atoms with Crippen LogP contribution in [0, 0.1) is 0 Å². The van der Waals surface area contributed by atoms with Crippen molar-refractivity contribution in [3.05, 3.63) is 421 Å². The molecule has 4 N–H and O–H groups in total. The van der Waals surface area contributed by atoms with Gasteiger partial charge < -0.3 is 19.0 Å². The monoisotopic (exact) mass is 1780 g/mol. The molecule has 1 aliphatic heterocycles. The number of ketones is 1. The highest BCUT2D eigenvalue weighted by atomic mass is 35.5. The van der Waals surface area contributed by atoms with E-state index in [1.165, 1.54) is 60.1 Å². The molecule has 0 aliphatic carbocycles. The number of furan rings is 1. The van der Waals surface area contributed by atoms with Crippen molar-refractivity contribution < 1.29 is 33.5 Å². The first-order valence-corrected chi connectivity index (χ1v) is 43.4. The number of carbonyl (C=O) groups is 5. The quantitative estimate of drug-likeness (QED) is 0.0487. The number of carboxylic acids is 1. The maximum absolute atomic E-state index is 12.5. The van der Waals surface area contributed by atoms with Gasteiger partial charge in [0.2, 0.25) is 5.78 Å². The number of nitrogens with one attached hydrogen (secondary N) is 3. The number of aromatic nitrogens is 13. The minimum atomic E-state index is -1.02. The van der Waals surface area contributed by atoms with Crippen molar-refractivity contribution in [3.63, 3.8) is 0 Å². The fourth-order valence-electron chi connectivity index (χ4n) is 11.1. The van der Waals surface area contributed by atoms with Gasteiger partial charge in [-0.05, 0) is 257 Å². The lowest BCUT2D eigenvalue weighted by atomic mass is 10.0. The van der Waals surface area contributed by atoms with Crippen molar-refractivity contribution in [1.29, 1.82) is 0 Å². The van der Waals surface area contributed by atoms with E-state index in [9.17, 15) is 24.0 Å². The van der Waals surface area contributed by atoms with Crippen LogP contribution in [0.25, 0.3) is 79.0 Å². The normalized spacial score (nSPS) is 12.1. The van der Waals surface area contributed by atoms with Crippen molar-refractivity contribution in [3.8, 4) is 0 Å². The van der Waals surface area contributed by atoms with E-state index in [4.69, 9.17) is 32.7 Å². The molecule has 29 heteroatoms. The number of aryl methyl sites for hydroxylation is 1. The number of carboxylic acid groups (broad SMARTS) is 1. The van der Waals surface area contributed by atoms with Crippen LogP contribution in [-0.4, -0.2) is 125 Å². The number of allylic oxidation sites excluding steroid dienone is 1. The average Bonchev–Trinajstić information content (AvgIpc) is 1.63. The highest BCUT2D eigenvalue weighted by molar-refractivity contribution is 7.12. The number of benzene rings is 4. The molecule has 0 fully saturated rings. The molecule has 0 amide bonds. The first-order valence-electron chi connectivity index (χ1n) is 38.3. The summed E-state index contributed by atoms with van der Waals surface area (Å²) < 4.78 is 10.9. The number of thiophene rings is 5. The lowest BCUT2D eigenvalue weighted by molar-refractivity contribution is 0.0695.